The molecule has 2 amide bonds. The minimum atomic E-state index is -1.23. The summed E-state index contributed by atoms with van der Waals surface area (Å²) in [5, 5.41) is 3.82. The van der Waals surface area contributed by atoms with E-state index in [2.05, 4.69) is 18.5 Å². The number of amides is 2. The van der Waals surface area contributed by atoms with Crippen molar-refractivity contribution in [3.8, 4) is 5.75 Å². The number of fused-ring (bicyclic) bond motifs is 1. The van der Waals surface area contributed by atoms with Gasteiger partial charge in [-0.05, 0) is 12.5 Å². The van der Waals surface area contributed by atoms with Crippen molar-refractivity contribution in [2.45, 2.75) is 39.1 Å². The van der Waals surface area contributed by atoms with Gasteiger partial charge < -0.3 is 19.7 Å². The zero-order valence-electron chi connectivity index (χ0n) is 24.6. The zero-order chi connectivity index (χ0) is 32.8. The molecule has 0 unspecified atom stereocenters. The van der Waals surface area contributed by atoms with Crippen LogP contribution in [0.1, 0.15) is 45.8 Å². The van der Waals surface area contributed by atoms with Gasteiger partial charge in [-0.2, -0.15) is 0 Å². The zero-order valence-corrected chi connectivity index (χ0v) is 24.6. The number of hydrogen-bond acceptors (Lipinski definition) is 7. The van der Waals surface area contributed by atoms with Crippen molar-refractivity contribution in [3.05, 3.63) is 124 Å². The first-order chi connectivity index (χ1) is 21.5. The second-order valence-corrected chi connectivity index (χ2v) is 10.1. The summed E-state index contributed by atoms with van der Waals surface area (Å²) in [6.45, 7) is 9.35. The number of carbonyl (C=O) groups excluding carboxylic acids is 3. The summed E-state index contributed by atoms with van der Waals surface area (Å²) in [6.07, 6.45) is 4.08. The highest BCUT2D eigenvalue weighted by atomic mass is 19.1. The van der Waals surface area contributed by atoms with Gasteiger partial charge in [-0.1, -0.05) is 42.5 Å². The molecule has 0 spiro atoms. The molecule has 0 radical (unpaired) electrons. The Morgan fingerprint density at radius 3 is 2.33 bits per heavy atom. The van der Waals surface area contributed by atoms with Gasteiger partial charge in [-0.3, -0.25) is 28.9 Å². The van der Waals surface area contributed by atoms with Gasteiger partial charge in [0.25, 0.3) is 11.8 Å². The Hall–Kier alpha value is -5.33. The molecule has 13 heteroatoms. The molecule has 1 aromatic heterocycles. The molecule has 2 heterocycles. The number of hydrogen-bond donors (Lipinski definition) is 1. The molecule has 0 bridgehead atoms. The van der Waals surface area contributed by atoms with E-state index in [1.165, 1.54) is 33.7 Å². The number of ether oxygens (including phenoxy) is 2. The number of carbonyl (C=O) groups is 3. The number of benzene rings is 2. The monoisotopic (exact) mass is 624 g/mol. The van der Waals surface area contributed by atoms with Gasteiger partial charge in [0.15, 0.2) is 11.4 Å². The normalized spacial score (nSPS) is 13.8. The fraction of sp³-hybridized carbons (Fsp3) is 0.250. The molecule has 10 nitrogen and oxygen atoms in total. The Balaban J connectivity index is 1.85. The van der Waals surface area contributed by atoms with Crippen LogP contribution in [0.15, 0.2) is 78.8 Å². The standard InChI is InChI=1S/C32H31F3N4O6/c1-5-19(3)37-18-39(23(6-2)17-44-20(4)40)38-15-25(31(42)36-14-24-26(34)12-22(33)13-27(24)35)29(41)30(28(38)32(37)43)45-16-21-10-8-7-9-11-21/h5-13,15,19,23H,1-2,14,16-18H2,3-4H3,(H,36,42)/t19-,23-/m0/s1. The molecule has 45 heavy (non-hydrogen) atoms. The Bertz CT molecular complexity index is 1670. The molecule has 0 saturated heterocycles. The maximum Gasteiger partial charge on any atom is 0.302 e. The molecular weight excluding hydrogens is 593 g/mol. The van der Waals surface area contributed by atoms with Crippen molar-refractivity contribution < 1.29 is 37.0 Å². The quantitative estimate of drug-likeness (QED) is 0.241. The van der Waals surface area contributed by atoms with E-state index in [-0.39, 0.29) is 25.6 Å². The number of rotatable bonds is 12. The third-order valence-corrected chi connectivity index (χ3v) is 7.13. The molecule has 2 aromatic carbocycles. The predicted octanol–water partition coefficient (Wildman–Crippen LogP) is 3.82. The van der Waals surface area contributed by atoms with Gasteiger partial charge in [0.2, 0.25) is 5.43 Å². The lowest BCUT2D eigenvalue weighted by molar-refractivity contribution is -0.141. The highest BCUT2D eigenvalue weighted by molar-refractivity contribution is 5.99. The van der Waals surface area contributed by atoms with Crippen molar-refractivity contribution in [1.29, 1.82) is 0 Å². The summed E-state index contributed by atoms with van der Waals surface area (Å²) in [7, 11) is 0. The molecule has 0 fully saturated rings. The van der Waals surface area contributed by atoms with Gasteiger partial charge >= 0.3 is 5.97 Å². The first-order valence-corrected chi connectivity index (χ1v) is 13.8. The van der Waals surface area contributed by atoms with Crippen LogP contribution in [0.4, 0.5) is 13.2 Å². The minimum absolute atomic E-state index is 0.106. The van der Waals surface area contributed by atoms with Crippen LogP contribution >= 0.6 is 0 Å². The van der Waals surface area contributed by atoms with E-state index in [0.29, 0.717) is 17.7 Å². The predicted molar refractivity (Wildman–Crippen MR) is 158 cm³/mol. The van der Waals surface area contributed by atoms with Crippen molar-refractivity contribution in [1.82, 2.24) is 14.9 Å². The van der Waals surface area contributed by atoms with Crippen molar-refractivity contribution in [2.24, 2.45) is 0 Å². The Morgan fingerprint density at radius 2 is 1.73 bits per heavy atom. The second-order valence-electron chi connectivity index (χ2n) is 10.1. The Kier molecular flexibility index (Phi) is 10.1. The van der Waals surface area contributed by atoms with E-state index in [9.17, 15) is 32.3 Å². The molecule has 3 aromatic rings. The molecule has 1 aliphatic rings. The number of nitrogens with zero attached hydrogens (tertiary/aromatic N) is 3. The molecule has 2 atom stereocenters. The fourth-order valence-corrected chi connectivity index (χ4v) is 4.62. The lowest BCUT2D eigenvalue weighted by atomic mass is 10.1. The molecule has 236 valence electrons. The fourth-order valence-electron chi connectivity index (χ4n) is 4.62. The third kappa shape index (κ3) is 7.08. The van der Waals surface area contributed by atoms with Gasteiger partial charge in [-0.25, -0.2) is 13.2 Å². The van der Waals surface area contributed by atoms with E-state index in [4.69, 9.17) is 9.47 Å². The Labute approximate surface area is 256 Å². The van der Waals surface area contributed by atoms with Crippen molar-refractivity contribution in [2.75, 3.05) is 18.3 Å². The summed E-state index contributed by atoms with van der Waals surface area (Å²) in [5.74, 6) is -6.29. The van der Waals surface area contributed by atoms with Crippen LogP contribution in [0, 0.1) is 17.5 Å². The first kappa shape index (κ1) is 32.6. The summed E-state index contributed by atoms with van der Waals surface area (Å²) in [6, 6.07) is 8.41. The summed E-state index contributed by atoms with van der Waals surface area (Å²) < 4.78 is 54.3. The number of halogens is 3. The van der Waals surface area contributed by atoms with Crippen LogP contribution < -0.4 is 20.5 Å². The van der Waals surface area contributed by atoms with Crippen molar-refractivity contribution in [3.63, 3.8) is 0 Å². The van der Waals surface area contributed by atoms with Crippen LogP contribution in [0.3, 0.4) is 0 Å². The highest BCUT2D eigenvalue weighted by Gasteiger charge is 2.38. The van der Waals surface area contributed by atoms with Crippen LogP contribution in [-0.4, -0.2) is 52.7 Å². The summed E-state index contributed by atoms with van der Waals surface area (Å²) in [5.41, 5.74) is -1.68. The number of nitrogens with one attached hydrogen (secondary N) is 1. The Morgan fingerprint density at radius 1 is 1.07 bits per heavy atom. The number of aromatic nitrogens is 1. The average molecular weight is 625 g/mol. The summed E-state index contributed by atoms with van der Waals surface area (Å²) >= 11 is 0. The van der Waals surface area contributed by atoms with Gasteiger partial charge in [0.1, 0.15) is 42.9 Å². The topological polar surface area (TPSA) is 110 Å². The van der Waals surface area contributed by atoms with Crippen LogP contribution in [0.5, 0.6) is 5.75 Å². The highest BCUT2D eigenvalue weighted by Crippen LogP contribution is 2.26. The molecule has 1 aliphatic heterocycles. The van der Waals surface area contributed by atoms with Gasteiger partial charge in [0.05, 0.1) is 6.04 Å². The van der Waals surface area contributed by atoms with Crippen LogP contribution in [-0.2, 0) is 22.7 Å². The molecule has 1 N–H and O–H groups in total. The largest absolute Gasteiger partial charge is 0.482 e. The van der Waals surface area contributed by atoms with E-state index in [0.717, 1.165) is 6.20 Å². The smallest absolute Gasteiger partial charge is 0.302 e. The average Bonchev–Trinajstić information content (AvgIpc) is 3.00. The third-order valence-electron chi connectivity index (χ3n) is 7.13. The van der Waals surface area contributed by atoms with Gasteiger partial charge in [-0.15, -0.1) is 13.2 Å². The number of pyridine rings is 1. The first-order valence-electron chi connectivity index (χ1n) is 13.8. The lowest BCUT2D eigenvalue weighted by Crippen LogP contribution is -2.60. The second kappa shape index (κ2) is 14.0. The van der Waals surface area contributed by atoms with E-state index >= 15 is 0 Å². The summed E-state index contributed by atoms with van der Waals surface area (Å²) in [4.78, 5) is 54.2. The SMILES string of the molecule is C=C[C@H](C)N1CN([C@@H](C=C)COC(C)=O)n2cc(C(=O)NCc3c(F)cc(F)cc3F)c(=O)c(OCc3ccccc3)c2C1=O. The minimum Gasteiger partial charge on any atom is -0.482 e. The maximum atomic E-state index is 14.3. The molecule has 0 aliphatic carbocycles. The molecule has 4 rings (SSSR count). The molecule has 0 saturated carbocycles. The van der Waals surface area contributed by atoms with E-state index < -0.39 is 76.2 Å². The maximum absolute atomic E-state index is 14.3. The van der Waals surface area contributed by atoms with Gasteiger partial charge in [0, 0.05) is 43.4 Å². The molecular formula is C32H31F3N4O6. The lowest BCUT2D eigenvalue weighted by Gasteiger charge is -2.44. The van der Waals surface area contributed by atoms with Crippen molar-refractivity contribution >= 4 is 17.8 Å². The van der Waals surface area contributed by atoms with E-state index in [1.807, 2.05) is 0 Å². The number of esters is 1. The van der Waals surface area contributed by atoms with Crippen LogP contribution in [0.2, 0.25) is 0 Å². The van der Waals surface area contributed by atoms with Crippen LogP contribution in [0.25, 0.3) is 0 Å². The van der Waals surface area contributed by atoms with E-state index in [1.54, 1.807) is 37.3 Å².